The highest BCUT2D eigenvalue weighted by Gasteiger charge is 2.08. The quantitative estimate of drug-likeness (QED) is 0.524. The van der Waals surface area contributed by atoms with Crippen LogP contribution < -0.4 is 21.3 Å². The van der Waals surface area contributed by atoms with Crippen LogP contribution in [0.4, 0.5) is 11.4 Å². The number of amides is 3. The first-order chi connectivity index (χ1) is 13.9. The van der Waals surface area contributed by atoms with Gasteiger partial charge in [0.05, 0.1) is 6.54 Å². The molecule has 7 nitrogen and oxygen atoms in total. The molecule has 0 heterocycles. The first-order valence-corrected chi connectivity index (χ1v) is 9.72. The van der Waals surface area contributed by atoms with Gasteiger partial charge in [0.2, 0.25) is 5.91 Å². The molecule has 154 valence electrons. The van der Waals surface area contributed by atoms with E-state index >= 15 is 0 Å². The van der Waals surface area contributed by atoms with Crippen LogP contribution in [-0.4, -0.2) is 36.9 Å². The number of anilines is 2. The molecule has 0 radical (unpaired) electrons. The number of benzene rings is 2. The van der Waals surface area contributed by atoms with Gasteiger partial charge in [-0.1, -0.05) is 6.92 Å². The SMILES string of the molecule is CCCNC(=O)c1ccc(NC(=O)CNc2ccc(C(=O)NC(C)C)cc2)cc1. The molecule has 4 N–H and O–H groups in total. The Morgan fingerprint density at radius 1 is 0.828 bits per heavy atom. The van der Waals surface area contributed by atoms with Crippen molar-refractivity contribution < 1.29 is 14.4 Å². The highest BCUT2D eigenvalue weighted by molar-refractivity contribution is 5.97. The molecular formula is C22H28N4O3. The van der Waals surface area contributed by atoms with Crippen LogP contribution in [0.1, 0.15) is 47.9 Å². The average Bonchev–Trinajstić information content (AvgIpc) is 2.71. The van der Waals surface area contributed by atoms with E-state index in [4.69, 9.17) is 0 Å². The fraction of sp³-hybridized carbons (Fsp3) is 0.318. The van der Waals surface area contributed by atoms with Crippen molar-refractivity contribution in [2.24, 2.45) is 0 Å². The molecular weight excluding hydrogens is 368 g/mol. The summed E-state index contributed by atoms with van der Waals surface area (Å²) in [7, 11) is 0. The second-order valence-electron chi connectivity index (χ2n) is 6.94. The second-order valence-corrected chi connectivity index (χ2v) is 6.94. The number of carbonyl (C=O) groups excluding carboxylic acids is 3. The Morgan fingerprint density at radius 3 is 1.93 bits per heavy atom. The standard InChI is InChI=1S/C22H28N4O3/c1-4-13-23-21(28)16-7-11-19(12-8-16)26-20(27)14-24-18-9-5-17(6-10-18)22(29)25-15(2)3/h5-12,15,24H,4,13-14H2,1-3H3,(H,23,28)(H,25,29)(H,26,27). The molecule has 0 atom stereocenters. The molecule has 2 aromatic carbocycles. The Hall–Kier alpha value is -3.35. The molecule has 29 heavy (non-hydrogen) atoms. The van der Waals surface area contributed by atoms with E-state index in [1.807, 2.05) is 20.8 Å². The fourth-order valence-corrected chi connectivity index (χ4v) is 2.52. The zero-order valence-electron chi connectivity index (χ0n) is 17.0. The summed E-state index contributed by atoms with van der Waals surface area (Å²) in [6.45, 7) is 6.51. The smallest absolute Gasteiger partial charge is 0.251 e. The molecule has 2 rings (SSSR count). The van der Waals surface area contributed by atoms with Gasteiger partial charge in [0.25, 0.3) is 11.8 Å². The molecule has 0 unspecified atom stereocenters. The van der Waals surface area contributed by atoms with Crippen LogP contribution in [0.15, 0.2) is 48.5 Å². The largest absolute Gasteiger partial charge is 0.376 e. The minimum absolute atomic E-state index is 0.0730. The lowest BCUT2D eigenvalue weighted by Crippen LogP contribution is -2.30. The lowest BCUT2D eigenvalue weighted by atomic mass is 10.2. The third-order valence-corrected chi connectivity index (χ3v) is 3.99. The minimum atomic E-state index is -0.213. The van der Waals surface area contributed by atoms with E-state index in [0.29, 0.717) is 23.4 Å². The van der Waals surface area contributed by atoms with Crippen molar-refractivity contribution >= 4 is 29.1 Å². The Balaban J connectivity index is 1.82. The number of hydrogen-bond donors (Lipinski definition) is 4. The molecule has 0 saturated heterocycles. The van der Waals surface area contributed by atoms with Gasteiger partial charge in [0.15, 0.2) is 0 Å². The summed E-state index contributed by atoms with van der Waals surface area (Å²) >= 11 is 0. The number of carbonyl (C=O) groups is 3. The maximum atomic E-state index is 12.1. The highest BCUT2D eigenvalue weighted by Crippen LogP contribution is 2.11. The van der Waals surface area contributed by atoms with Gasteiger partial charge in [0.1, 0.15) is 0 Å². The van der Waals surface area contributed by atoms with Crippen molar-refractivity contribution in [2.45, 2.75) is 33.2 Å². The van der Waals surface area contributed by atoms with Crippen molar-refractivity contribution in [1.29, 1.82) is 0 Å². The second kappa shape index (κ2) is 10.8. The monoisotopic (exact) mass is 396 g/mol. The Kier molecular flexibility index (Phi) is 8.21. The summed E-state index contributed by atoms with van der Waals surface area (Å²) in [4.78, 5) is 35.9. The van der Waals surface area contributed by atoms with Crippen molar-refractivity contribution in [3.8, 4) is 0 Å². The molecule has 0 aliphatic heterocycles. The van der Waals surface area contributed by atoms with Crippen LogP contribution in [0, 0.1) is 0 Å². The van der Waals surface area contributed by atoms with Crippen LogP contribution in [0.5, 0.6) is 0 Å². The van der Waals surface area contributed by atoms with E-state index in [9.17, 15) is 14.4 Å². The third-order valence-electron chi connectivity index (χ3n) is 3.99. The van der Waals surface area contributed by atoms with Crippen LogP contribution in [0.25, 0.3) is 0 Å². The molecule has 0 aliphatic carbocycles. The van der Waals surface area contributed by atoms with E-state index in [2.05, 4.69) is 21.3 Å². The van der Waals surface area contributed by atoms with Gasteiger partial charge in [0, 0.05) is 35.1 Å². The molecule has 0 bridgehead atoms. The highest BCUT2D eigenvalue weighted by atomic mass is 16.2. The van der Waals surface area contributed by atoms with Crippen molar-refractivity contribution in [2.75, 3.05) is 23.7 Å². The summed E-state index contributed by atoms with van der Waals surface area (Å²) in [5.74, 6) is -0.470. The molecule has 3 amide bonds. The van der Waals surface area contributed by atoms with E-state index in [1.54, 1.807) is 48.5 Å². The number of hydrogen-bond acceptors (Lipinski definition) is 4. The summed E-state index contributed by atoms with van der Waals surface area (Å²) in [6.07, 6.45) is 0.876. The first-order valence-electron chi connectivity index (χ1n) is 9.72. The Labute approximate surface area is 171 Å². The van der Waals surface area contributed by atoms with Gasteiger partial charge in [-0.25, -0.2) is 0 Å². The maximum absolute atomic E-state index is 12.1. The van der Waals surface area contributed by atoms with Gasteiger partial charge in [-0.15, -0.1) is 0 Å². The number of nitrogens with one attached hydrogen (secondary N) is 4. The lowest BCUT2D eigenvalue weighted by Gasteiger charge is -2.10. The fourth-order valence-electron chi connectivity index (χ4n) is 2.52. The van der Waals surface area contributed by atoms with Gasteiger partial charge in [-0.2, -0.15) is 0 Å². The van der Waals surface area contributed by atoms with E-state index in [0.717, 1.165) is 12.1 Å². The van der Waals surface area contributed by atoms with E-state index in [1.165, 1.54) is 0 Å². The van der Waals surface area contributed by atoms with Crippen molar-refractivity contribution in [1.82, 2.24) is 10.6 Å². The van der Waals surface area contributed by atoms with E-state index in [-0.39, 0.29) is 30.3 Å². The van der Waals surface area contributed by atoms with Gasteiger partial charge in [-0.3, -0.25) is 14.4 Å². The zero-order chi connectivity index (χ0) is 21.2. The maximum Gasteiger partial charge on any atom is 0.251 e. The molecule has 2 aromatic rings. The lowest BCUT2D eigenvalue weighted by molar-refractivity contribution is -0.114. The normalized spacial score (nSPS) is 10.3. The number of rotatable bonds is 9. The topological polar surface area (TPSA) is 99.3 Å². The Bertz CT molecular complexity index is 830. The van der Waals surface area contributed by atoms with Crippen LogP contribution >= 0.6 is 0 Å². The van der Waals surface area contributed by atoms with Crippen molar-refractivity contribution in [3.05, 3.63) is 59.7 Å². The molecule has 0 aromatic heterocycles. The first kappa shape index (κ1) is 21.9. The van der Waals surface area contributed by atoms with Crippen molar-refractivity contribution in [3.63, 3.8) is 0 Å². The Morgan fingerprint density at radius 2 is 1.38 bits per heavy atom. The van der Waals surface area contributed by atoms with Gasteiger partial charge < -0.3 is 21.3 Å². The summed E-state index contributed by atoms with van der Waals surface area (Å²) in [5, 5.41) is 11.4. The summed E-state index contributed by atoms with van der Waals surface area (Å²) in [6, 6.07) is 13.7. The van der Waals surface area contributed by atoms with Gasteiger partial charge in [-0.05, 0) is 68.8 Å². The zero-order valence-corrected chi connectivity index (χ0v) is 17.0. The van der Waals surface area contributed by atoms with E-state index < -0.39 is 0 Å². The molecule has 0 aliphatic rings. The van der Waals surface area contributed by atoms with Crippen LogP contribution in [0.2, 0.25) is 0 Å². The molecule has 0 saturated carbocycles. The summed E-state index contributed by atoms with van der Waals surface area (Å²) in [5.41, 5.74) is 2.47. The predicted octanol–water partition coefficient (Wildman–Crippen LogP) is 3.02. The molecule has 0 spiro atoms. The predicted molar refractivity (Wildman–Crippen MR) is 115 cm³/mol. The van der Waals surface area contributed by atoms with Crippen LogP contribution in [0.3, 0.4) is 0 Å². The average molecular weight is 396 g/mol. The summed E-state index contributed by atoms with van der Waals surface area (Å²) < 4.78 is 0. The van der Waals surface area contributed by atoms with Gasteiger partial charge >= 0.3 is 0 Å². The van der Waals surface area contributed by atoms with Crippen LogP contribution in [-0.2, 0) is 4.79 Å². The molecule has 7 heteroatoms. The minimum Gasteiger partial charge on any atom is -0.376 e. The third kappa shape index (κ3) is 7.29. The molecule has 0 fully saturated rings.